The highest BCUT2D eigenvalue weighted by atomic mass is 35.5. The van der Waals surface area contributed by atoms with Crippen molar-refractivity contribution in [2.24, 2.45) is 0 Å². The summed E-state index contributed by atoms with van der Waals surface area (Å²) in [6, 6.07) is 7.12. The molecule has 2 aromatic heterocycles. The number of aryl methyl sites for hydroxylation is 2. The van der Waals surface area contributed by atoms with E-state index in [0.717, 1.165) is 48.6 Å². The summed E-state index contributed by atoms with van der Waals surface area (Å²) in [5, 5.41) is 12.1. The number of carbonyl (C=O) groups excluding carboxylic acids is 1. The Hall–Kier alpha value is -2.60. The summed E-state index contributed by atoms with van der Waals surface area (Å²) in [6.45, 7) is 2.72. The third kappa shape index (κ3) is 3.12. The maximum atomic E-state index is 12.4. The van der Waals surface area contributed by atoms with Gasteiger partial charge in [-0.1, -0.05) is 18.0 Å². The van der Waals surface area contributed by atoms with Crippen LogP contribution in [0.25, 0.3) is 11.4 Å². The van der Waals surface area contributed by atoms with Crippen LogP contribution in [0.15, 0.2) is 34.9 Å². The van der Waals surface area contributed by atoms with Gasteiger partial charge in [-0.05, 0) is 44.0 Å². The Morgan fingerprint density at radius 3 is 2.92 bits per heavy atom. The van der Waals surface area contributed by atoms with Gasteiger partial charge >= 0.3 is 0 Å². The summed E-state index contributed by atoms with van der Waals surface area (Å²) in [5.74, 6) is 1.75. The molecule has 26 heavy (non-hydrogen) atoms. The number of anilines is 1. The Bertz CT molecular complexity index is 960. The molecule has 1 aromatic carbocycles. The van der Waals surface area contributed by atoms with Crippen LogP contribution in [0.5, 0.6) is 0 Å². The van der Waals surface area contributed by atoms with Gasteiger partial charge in [-0.15, -0.1) is 10.2 Å². The standard InChI is InChI=1S/C19H19ClN4O2/c1-12-8-10-26-17(12)19(25)21-13-6-7-15(20)14(11-13)18-23-22-16-5-3-2-4-9-24(16)18/h6-8,10-11H,2-5,9H2,1H3,(H,21,25). The van der Waals surface area contributed by atoms with E-state index in [1.54, 1.807) is 18.2 Å². The minimum Gasteiger partial charge on any atom is -0.459 e. The Labute approximate surface area is 156 Å². The Balaban J connectivity index is 1.66. The number of aromatic nitrogens is 3. The van der Waals surface area contributed by atoms with E-state index in [1.807, 2.05) is 13.0 Å². The van der Waals surface area contributed by atoms with Gasteiger partial charge in [-0.25, -0.2) is 0 Å². The first-order valence-electron chi connectivity index (χ1n) is 8.71. The number of rotatable bonds is 3. The zero-order chi connectivity index (χ0) is 18.1. The number of fused-ring (bicyclic) bond motifs is 1. The highest BCUT2D eigenvalue weighted by molar-refractivity contribution is 6.33. The molecule has 0 spiro atoms. The average Bonchev–Trinajstić information content (AvgIpc) is 3.16. The quantitative estimate of drug-likeness (QED) is 0.737. The monoisotopic (exact) mass is 370 g/mol. The Kier molecular flexibility index (Phi) is 4.51. The van der Waals surface area contributed by atoms with Crippen molar-refractivity contribution in [1.82, 2.24) is 14.8 Å². The summed E-state index contributed by atoms with van der Waals surface area (Å²) in [4.78, 5) is 12.4. The molecule has 7 heteroatoms. The second-order valence-electron chi connectivity index (χ2n) is 6.48. The van der Waals surface area contributed by atoms with Crippen molar-refractivity contribution in [2.45, 2.75) is 39.2 Å². The molecule has 0 bridgehead atoms. The summed E-state index contributed by atoms with van der Waals surface area (Å²) >= 11 is 6.42. The van der Waals surface area contributed by atoms with E-state index in [1.165, 1.54) is 12.7 Å². The number of hydrogen-bond acceptors (Lipinski definition) is 4. The van der Waals surface area contributed by atoms with E-state index in [4.69, 9.17) is 16.0 Å². The number of nitrogens with zero attached hydrogens (tertiary/aromatic N) is 3. The number of nitrogens with one attached hydrogen (secondary N) is 1. The van der Waals surface area contributed by atoms with E-state index in [-0.39, 0.29) is 5.91 Å². The molecule has 0 aliphatic carbocycles. The zero-order valence-electron chi connectivity index (χ0n) is 14.5. The normalized spacial score (nSPS) is 13.9. The molecule has 0 radical (unpaired) electrons. The molecule has 134 valence electrons. The minimum atomic E-state index is -0.291. The molecule has 1 N–H and O–H groups in total. The van der Waals surface area contributed by atoms with Gasteiger partial charge in [0.25, 0.3) is 5.91 Å². The summed E-state index contributed by atoms with van der Waals surface area (Å²) in [5.41, 5.74) is 2.19. The average molecular weight is 371 g/mol. The maximum absolute atomic E-state index is 12.4. The first kappa shape index (κ1) is 16.8. The molecule has 1 aliphatic rings. The first-order chi connectivity index (χ1) is 12.6. The van der Waals surface area contributed by atoms with Crippen LogP contribution in [0.3, 0.4) is 0 Å². The largest absolute Gasteiger partial charge is 0.459 e. The first-order valence-corrected chi connectivity index (χ1v) is 9.09. The molecule has 1 amide bonds. The molecule has 4 rings (SSSR count). The molecule has 3 aromatic rings. The summed E-state index contributed by atoms with van der Waals surface area (Å²) in [6.07, 6.45) is 5.85. The van der Waals surface area contributed by atoms with E-state index >= 15 is 0 Å². The number of benzene rings is 1. The second kappa shape index (κ2) is 6.96. The van der Waals surface area contributed by atoms with Crippen molar-refractivity contribution in [2.75, 3.05) is 5.32 Å². The maximum Gasteiger partial charge on any atom is 0.291 e. The van der Waals surface area contributed by atoms with Crippen LogP contribution >= 0.6 is 11.6 Å². The minimum absolute atomic E-state index is 0.291. The SMILES string of the molecule is Cc1ccoc1C(=O)Nc1ccc(Cl)c(-c2nnc3n2CCCCC3)c1. The molecule has 0 fully saturated rings. The van der Waals surface area contributed by atoms with Gasteiger partial charge in [0, 0.05) is 29.8 Å². The van der Waals surface area contributed by atoms with E-state index in [0.29, 0.717) is 16.5 Å². The van der Waals surface area contributed by atoms with Crippen molar-refractivity contribution in [1.29, 1.82) is 0 Å². The van der Waals surface area contributed by atoms with Crippen LogP contribution in [0.4, 0.5) is 5.69 Å². The zero-order valence-corrected chi connectivity index (χ0v) is 15.2. The molecular weight excluding hydrogens is 352 g/mol. The molecule has 3 heterocycles. The molecule has 6 nitrogen and oxygen atoms in total. The van der Waals surface area contributed by atoms with Crippen LogP contribution < -0.4 is 5.32 Å². The Morgan fingerprint density at radius 1 is 1.23 bits per heavy atom. The second-order valence-corrected chi connectivity index (χ2v) is 6.89. The summed E-state index contributed by atoms with van der Waals surface area (Å²) < 4.78 is 7.38. The fourth-order valence-corrected chi connectivity index (χ4v) is 3.45. The lowest BCUT2D eigenvalue weighted by atomic mass is 10.1. The van der Waals surface area contributed by atoms with Crippen LogP contribution in [0, 0.1) is 6.92 Å². The van der Waals surface area contributed by atoms with Gasteiger partial charge in [-0.3, -0.25) is 4.79 Å². The van der Waals surface area contributed by atoms with E-state index in [9.17, 15) is 4.79 Å². The van der Waals surface area contributed by atoms with Crippen LogP contribution in [-0.4, -0.2) is 20.7 Å². The van der Waals surface area contributed by atoms with Crippen LogP contribution in [0.1, 0.15) is 41.2 Å². The predicted octanol–water partition coefficient (Wildman–Crippen LogP) is 4.48. The number of carbonyl (C=O) groups is 1. The van der Waals surface area contributed by atoms with E-state index in [2.05, 4.69) is 20.1 Å². The highest BCUT2D eigenvalue weighted by Gasteiger charge is 2.19. The van der Waals surface area contributed by atoms with E-state index < -0.39 is 0 Å². The Morgan fingerprint density at radius 2 is 2.12 bits per heavy atom. The molecule has 0 saturated carbocycles. The topological polar surface area (TPSA) is 73.0 Å². The van der Waals surface area contributed by atoms with Gasteiger partial charge in [0.05, 0.1) is 11.3 Å². The van der Waals surface area contributed by atoms with Crippen molar-refractivity contribution in [3.8, 4) is 11.4 Å². The predicted molar refractivity (Wildman–Crippen MR) is 99.4 cm³/mol. The molecule has 0 atom stereocenters. The third-order valence-corrected chi connectivity index (χ3v) is 4.97. The molecule has 0 saturated heterocycles. The lowest BCUT2D eigenvalue weighted by molar-refractivity contribution is 0.0996. The van der Waals surface area contributed by atoms with Crippen molar-refractivity contribution in [3.05, 3.63) is 52.7 Å². The summed E-state index contributed by atoms with van der Waals surface area (Å²) in [7, 11) is 0. The van der Waals surface area contributed by atoms with Crippen molar-refractivity contribution in [3.63, 3.8) is 0 Å². The molecule has 0 unspecified atom stereocenters. The molecule has 1 aliphatic heterocycles. The number of amides is 1. The number of hydrogen-bond donors (Lipinski definition) is 1. The van der Waals surface area contributed by atoms with Gasteiger partial charge in [-0.2, -0.15) is 0 Å². The van der Waals surface area contributed by atoms with Crippen molar-refractivity contribution < 1.29 is 9.21 Å². The lowest BCUT2D eigenvalue weighted by Crippen LogP contribution is -2.12. The van der Waals surface area contributed by atoms with Gasteiger partial charge in [0.15, 0.2) is 11.6 Å². The van der Waals surface area contributed by atoms with Gasteiger partial charge in [0.1, 0.15) is 5.82 Å². The van der Waals surface area contributed by atoms with Crippen molar-refractivity contribution >= 4 is 23.2 Å². The number of halogens is 1. The highest BCUT2D eigenvalue weighted by Crippen LogP contribution is 2.31. The lowest BCUT2D eigenvalue weighted by Gasteiger charge is -2.11. The fourth-order valence-electron chi connectivity index (χ4n) is 3.25. The third-order valence-electron chi connectivity index (χ3n) is 4.64. The molecular formula is C19H19ClN4O2. The van der Waals surface area contributed by atoms with Gasteiger partial charge < -0.3 is 14.3 Å². The van der Waals surface area contributed by atoms with Crippen LogP contribution in [-0.2, 0) is 13.0 Å². The smallest absolute Gasteiger partial charge is 0.291 e. The van der Waals surface area contributed by atoms with Gasteiger partial charge in [0.2, 0.25) is 0 Å². The van der Waals surface area contributed by atoms with Crippen LogP contribution in [0.2, 0.25) is 5.02 Å². The fraction of sp³-hybridized carbons (Fsp3) is 0.316. The number of furan rings is 1.